The smallest absolute Gasteiger partial charge is 0.185 e. The zero-order valence-electron chi connectivity index (χ0n) is 9.97. The van der Waals surface area contributed by atoms with Crippen molar-refractivity contribution in [1.29, 1.82) is 0 Å². The maximum absolute atomic E-state index is 11.9. The molecular weight excluding hydrogens is 252 g/mol. The SMILES string of the molecule is Cn1ncc(Cl)c1C(=O)CCOc1ccccc1. The van der Waals surface area contributed by atoms with Gasteiger partial charge in [0.1, 0.15) is 11.4 Å². The summed E-state index contributed by atoms with van der Waals surface area (Å²) < 4.78 is 6.94. The number of carbonyl (C=O) groups excluding carboxylic acids is 1. The Morgan fingerprint density at radius 2 is 2.11 bits per heavy atom. The van der Waals surface area contributed by atoms with Crippen LogP contribution in [0.15, 0.2) is 36.5 Å². The van der Waals surface area contributed by atoms with Crippen LogP contribution in [0.5, 0.6) is 5.75 Å². The molecule has 1 aromatic carbocycles. The van der Waals surface area contributed by atoms with Gasteiger partial charge in [0.15, 0.2) is 5.78 Å². The molecule has 0 aliphatic rings. The summed E-state index contributed by atoms with van der Waals surface area (Å²) in [5.41, 5.74) is 0.424. The lowest BCUT2D eigenvalue weighted by atomic mass is 10.2. The maximum atomic E-state index is 11.9. The number of aryl methyl sites for hydroxylation is 1. The largest absolute Gasteiger partial charge is 0.493 e. The molecule has 0 unspecified atom stereocenters. The minimum atomic E-state index is -0.0732. The lowest BCUT2D eigenvalue weighted by Crippen LogP contribution is -2.11. The van der Waals surface area contributed by atoms with Gasteiger partial charge in [0.25, 0.3) is 0 Å². The molecule has 0 spiro atoms. The Hall–Kier alpha value is -1.81. The minimum absolute atomic E-state index is 0.0732. The molecule has 1 heterocycles. The zero-order chi connectivity index (χ0) is 13.0. The van der Waals surface area contributed by atoms with E-state index in [0.29, 0.717) is 17.3 Å². The molecule has 4 nitrogen and oxygen atoms in total. The Morgan fingerprint density at radius 1 is 1.39 bits per heavy atom. The van der Waals surface area contributed by atoms with Crippen LogP contribution in [-0.2, 0) is 7.05 Å². The van der Waals surface area contributed by atoms with Gasteiger partial charge in [-0.05, 0) is 12.1 Å². The van der Waals surface area contributed by atoms with Crippen LogP contribution in [0.3, 0.4) is 0 Å². The Labute approximate surface area is 110 Å². The number of aromatic nitrogens is 2. The molecule has 0 amide bonds. The van der Waals surface area contributed by atoms with Crippen LogP contribution >= 0.6 is 11.6 Å². The fourth-order valence-corrected chi connectivity index (χ4v) is 1.89. The molecule has 0 aliphatic carbocycles. The van der Waals surface area contributed by atoms with Crippen LogP contribution < -0.4 is 4.74 Å². The molecule has 0 atom stereocenters. The first-order valence-corrected chi connectivity index (χ1v) is 5.95. The molecular formula is C13H13ClN2O2. The summed E-state index contributed by atoms with van der Waals surface area (Å²) >= 11 is 5.89. The molecule has 2 rings (SSSR count). The third-order valence-corrected chi connectivity index (χ3v) is 2.78. The lowest BCUT2D eigenvalue weighted by molar-refractivity contribution is 0.0953. The quantitative estimate of drug-likeness (QED) is 0.780. The van der Waals surface area contributed by atoms with E-state index in [1.54, 1.807) is 7.05 Å². The standard InChI is InChI=1S/C13H13ClN2O2/c1-16-13(11(14)9-15-16)12(17)7-8-18-10-5-3-2-4-6-10/h2-6,9H,7-8H2,1H3. The Bertz CT molecular complexity index is 518. The van der Waals surface area contributed by atoms with E-state index >= 15 is 0 Å². The molecule has 94 valence electrons. The molecule has 0 radical (unpaired) electrons. The van der Waals surface area contributed by atoms with Gasteiger partial charge in [0.05, 0.1) is 17.8 Å². The summed E-state index contributed by atoms with van der Waals surface area (Å²) in [5, 5.41) is 4.30. The number of nitrogens with zero attached hydrogens (tertiary/aromatic N) is 2. The molecule has 0 bridgehead atoms. The second-order valence-electron chi connectivity index (χ2n) is 3.80. The topological polar surface area (TPSA) is 44.1 Å². The van der Waals surface area contributed by atoms with Crippen molar-refractivity contribution in [2.75, 3.05) is 6.61 Å². The molecule has 1 aromatic heterocycles. The van der Waals surface area contributed by atoms with Gasteiger partial charge in [0, 0.05) is 13.5 Å². The highest BCUT2D eigenvalue weighted by atomic mass is 35.5. The number of halogens is 1. The van der Waals surface area contributed by atoms with Crippen LogP contribution in [0.4, 0.5) is 0 Å². The van der Waals surface area contributed by atoms with E-state index < -0.39 is 0 Å². The van der Waals surface area contributed by atoms with E-state index in [2.05, 4.69) is 5.10 Å². The fourth-order valence-electron chi connectivity index (χ4n) is 1.62. The van der Waals surface area contributed by atoms with Crippen molar-refractivity contribution >= 4 is 17.4 Å². The number of Topliss-reactive ketones (excluding diaryl/α,β-unsaturated/α-hetero) is 1. The molecule has 0 saturated heterocycles. The Morgan fingerprint density at radius 3 is 2.72 bits per heavy atom. The predicted molar refractivity (Wildman–Crippen MR) is 69.1 cm³/mol. The average Bonchev–Trinajstić information content (AvgIpc) is 2.70. The monoisotopic (exact) mass is 264 g/mol. The van der Waals surface area contributed by atoms with Gasteiger partial charge in [-0.15, -0.1) is 0 Å². The van der Waals surface area contributed by atoms with Gasteiger partial charge in [0.2, 0.25) is 0 Å². The first-order chi connectivity index (χ1) is 8.68. The summed E-state index contributed by atoms with van der Waals surface area (Å²) in [5.74, 6) is 0.678. The summed E-state index contributed by atoms with van der Waals surface area (Å²) in [6.45, 7) is 0.324. The number of ketones is 1. The predicted octanol–water partition coefficient (Wildman–Crippen LogP) is 2.73. The van der Waals surface area contributed by atoms with Gasteiger partial charge in [-0.25, -0.2) is 0 Å². The third kappa shape index (κ3) is 2.90. The molecule has 18 heavy (non-hydrogen) atoms. The molecule has 5 heteroatoms. The maximum Gasteiger partial charge on any atom is 0.185 e. The number of carbonyl (C=O) groups is 1. The number of ether oxygens (including phenoxy) is 1. The van der Waals surface area contributed by atoms with E-state index in [1.165, 1.54) is 10.9 Å². The van der Waals surface area contributed by atoms with Gasteiger partial charge in [-0.2, -0.15) is 5.10 Å². The van der Waals surface area contributed by atoms with E-state index in [0.717, 1.165) is 5.75 Å². The number of para-hydroxylation sites is 1. The van der Waals surface area contributed by atoms with Crippen molar-refractivity contribution in [3.63, 3.8) is 0 Å². The van der Waals surface area contributed by atoms with Crippen LogP contribution in [0.2, 0.25) is 5.02 Å². The van der Waals surface area contributed by atoms with Crippen molar-refractivity contribution in [3.05, 3.63) is 47.2 Å². The van der Waals surface area contributed by atoms with Crippen molar-refractivity contribution in [2.45, 2.75) is 6.42 Å². The van der Waals surface area contributed by atoms with Gasteiger partial charge < -0.3 is 4.74 Å². The highest BCUT2D eigenvalue weighted by Gasteiger charge is 2.15. The molecule has 0 fully saturated rings. The van der Waals surface area contributed by atoms with Crippen molar-refractivity contribution in [3.8, 4) is 5.75 Å². The normalized spacial score (nSPS) is 10.3. The van der Waals surface area contributed by atoms with Crippen LogP contribution in [-0.4, -0.2) is 22.2 Å². The number of rotatable bonds is 5. The Kier molecular flexibility index (Phi) is 3.99. The highest BCUT2D eigenvalue weighted by molar-refractivity contribution is 6.33. The van der Waals surface area contributed by atoms with Crippen molar-refractivity contribution in [2.24, 2.45) is 7.05 Å². The Balaban J connectivity index is 1.90. The summed E-state index contributed by atoms with van der Waals surface area (Å²) in [7, 11) is 1.69. The van der Waals surface area contributed by atoms with Gasteiger partial charge in [-0.1, -0.05) is 29.8 Å². The fraction of sp³-hybridized carbons (Fsp3) is 0.231. The van der Waals surface area contributed by atoms with Gasteiger partial charge in [-0.3, -0.25) is 9.48 Å². The number of hydrogen-bond acceptors (Lipinski definition) is 3. The van der Waals surface area contributed by atoms with Crippen LogP contribution in [0.1, 0.15) is 16.9 Å². The van der Waals surface area contributed by atoms with E-state index in [9.17, 15) is 4.79 Å². The van der Waals surface area contributed by atoms with Crippen molar-refractivity contribution in [1.82, 2.24) is 9.78 Å². The molecule has 0 N–H and O–H groups in total. The average molecular weight is 265 g/mol. The second kappa shape index (κ2) is 5.69. The lowest BCUT2D eigenvalue weighted by Gasteiger charge is -2.05. The third-order valence-electron chi connectivity index (χ3n) is 2.50. The minimum Gasteiger partial charge on any atom is -0.493 e. The van der Waals surface area contributed by atoms with Crippen LogP contribution in [0, 0.1) is 0 Å². The van der Waals surface area contributed by atoms with E-state index in [4.69, 9.17) is 16.3 Å². The van der Waals surface area contributed by atoms with Crippen molar-refractivity contribution < 1.29 is 9.53 Å². The number of hydrogen-bond donors (Lipinski definition) is 0. The van der Waals surface area contributed by atoms with E-state index in [-0.39, 0.29) is 12.2 Å². The highest BCUT2D eigenvalue weighted by Crippen LogP contribution is 2.16. The summed E-state index contributed by atoms with van der Waals surface area (Å²) in [4.78, 5) is 11.9. The molecule has 0 aliphatic heterocycles. The zero-order valence-corrected chi connectivity index (χ0v) is 10.7. The van der Waals surface area contributed by atoms with Gasteiger partial charge >= 0.3 is 0 Å². The summed E-state index contributed by atoms with van der Waals surface area (Å²) in [6, 6.07) is 9.38. The molecule has 2 aromatic rings. The molecule has 0 saturated carbocycles. The number of benzene rings is 1. The van der Waals surface area contributed by atoms with Crippen LogP contribution in [0.25, 0.3) is 0 Å². The summed E-state index contributed by atoms with van der Waals surface area (Å²) in [6.07, 6.45) is 1.74. The first kappa shape index (κ1) is 12.6. The van der Waals surface area contributed by atoms with E-state index in [1.807, 2.05) is 30.3 Å². The first-order valence-electron chi connectivity index (χ1n) is 5.57. The second-order valence-corrected chi connectivity index (χ2v) is 4.21.